The van der Waals surface area contributed by atoms with E-state index in [0.717, 1.165) is 0 Å². The molecule has 2 unspecified atom stereocenters. The first-order valence-electron chi connectivity index (χ1n) is 5.97. The van der Waals surface area contributed by atoms with Crippen LogP contribution in [0, 0.1) is 11.6 Å². The predicted molar refractivity (Wildman–Crippen MR) is 71.3 cm³/mol. The Morgan fingerprint density at radius 2 is 1.58 bits per heavy atom. The summed E-state index contributed by atoms with van der Waals surface area (Å²) >= 11 is 0. The van der Waals surface area contributed by atoms with Gasteiger partial charge in [0.1, 0.15) is 11.6 Å². The normalized spacial score (nSPS) is 15.8. The Labute approximate surface area is 111 Å². The minimum Gasteiger partial charge on any atom is -0.322 e. The van der Waals surface area contributed by atoms with Crippen LogP contribution in [0.15, 0.2) is 48.5 Å². The lowest BCUT2D eigenvalue weighted by atomic mass is 9.82. The highest BCUT2D eigenvalue weighted by Gasteiger charge is 2.30. The van der Waals surface area contributed by atoms with Crippen LogP contribution in [0.25, 0.3) is 0 Å². The molecule has 2 nitrogen and oxygen atoms in total. The van der Waals surface area contributed by atoms with Crippen molar-refractivity contribution in [1.82, 2.24) is 0 Å². The average Bonchev–Trinajstić information content (AvgIpc) is 2.38. The monoisotopic (exact) mass is 262 g/mol. The molecule has 19 heavy (non-hydrogen) atoms. The van der Waals surface area contributed by atoms with Gasteiger partial charge in [0, 0.05) is 0 Å². The number of rotatable bonds is 3. The van der Waals surface area contributed by atoms with Crippen LogP contribution in [0.3, 0.4) is 0 Å². The molecule has 2 aromatic carbocycles. The lowest BCUT2D eigenvalue weighted by molar-refractivity contribution is 0.393. The van der Waals surface area contributed by atoms with Crippen molar-refractivity contribution >= 4 is 0 Å². The molecular weight excluding hydrogens is 246 g/mol. The molecule has 2 rings (SSSR count). The maximum Gasteiger partial charge on any atom is 0.123 e. The van der Waals surface area contributed by atoms with E-state index in [4.69, 9.17) is 11.5 Å². The van der Waals surface area contributed by atoms with Gasteiger partial charge in [0.25, 0.3) is 0 Å². The standard InChI is InChI=1S/C15H16F2N2/c1-15(19,11-5-3-7-13(17)9-11)14(18)10-4-2-6-12(16)8-10/h2-9,14H,18-19H2,1H3. The van der Waals surface area contributed by atoms with E-state index in [-0.39, 0.29) is 11.6 Å². The Hall–Kier alpha value is -1.78. The molecule has 0 saturated carbocycles. The minimum absolute atomic E-state index is 0.372. The Bertz CT molecular complexity index is 582. The zero-order valence-corrected chi connectivity index (χ0v) is 10.6. The highest BCUT2D eigenvalue weighted by molar-refractivity contribution is 5.31. The second-order valence-electron chi connectivity index (χ2n) is 4.83. The van der Waals surface area contributed by atoms with Crippen molar-refractivity contribution in [3.63, 3.8) is 0 Å². The summed E-state index contributed by atoms with van der Waals surface area (Å²) in [6.07, 6.45) is 0. The van der Waals surface area contributed by atoms with Crippen LogP contribution in [0.4, 0.5) is 8.78 Å². The van der Waals surface area contributed by atoms with E-state index in [0.29, 0.717) is 11.1 Å². The number of benzene rings is 2. The van der Waals surface area contributed by atoms with Gasteiger partial charge in [0.05, 0.1) is 11.6 Å². The first-order chi connectivity index (χ1) is 8.91. The van der Waals surface area contributed by atoms with Crippen LogP contribution in [0.5, 0.6) is 0 Å². The molecule has 0 aliphatic heterocycles. The van der Waals surface area contributed by atoms with Crippen molar-refractivity contribution in [3.8, 4) is 0 Å². The molecule has 0 amide bonds. The fraction of sp³-hybridized carbons (Fsp3) is 0.200. The minimum atomic E-state index is -0.990. The number of halogens is 2. The van der Waals surface area contributed by atoms with Crippen LogP contribution < -0.4 is 11.5 Å². The summed E-state index contributed by atoms with van der Waals surface area (Å²) in [6.45, 7) is 1.71. The zero-order chi connectivity index (χ0) is 14.0. The molecule has 0 aliphatic carbocycles. The summed E-state index contributed by atoms with van der Waals surface area (Å²) in [4.78, 5) is 0. The van der Waals surface area contributed by atoms with E-state index in [9.17, 15) is 8.78 Å². The van der Waals surface area contributed by atoms with Gasteiger partial charge in [-0.05, 0) is 42.3 Å². The third-order valence-corrected chi connectivity index (χ3v) is 3.30. The summed E-state index contributed by atoms with van der Waals surface area (Å²) in [5, 5.41) is 0. The van der Waals surface area contributed by atoms with Crippen LogP contribution in [0.1, 0.15) is 24.1 Å². The molecule has 0 aromatic heterocycles. The van der Waals surface area contributed by atoms with Gasteiger partial charge in [-0.3, -0.25) is 0 Å². The van der Waals surface area contributed by atoms with Gasteiger partial charge < -0.3 is 11.5 Å². The van der Waals surface area contributed by atoms with Crippen LogP contribution in [-0.2, 0) is 5.54 Å². The quantitative estimate of drug-likeness (QED) is 0.893. The Kier molecular flexibility index (Phi) is 3.64. The third kappa shape index (κ3) is 2.80. The molecule has 0 saturated heterocycles. The van der Waals surface area contributed by atoms with Crippen LogP contribution in [0.2, 0.25) is 0 Å². The number of hydrogen-bond donors (Lipinski definition) is 2. The highest BCUT2D eigenvalue weighted by atomic mass is 19.1. The molecular formula is C15H16F2N2. The summed E-state index contributed by atoms with van der Waals surface area (Å²) in [7, 11) is 0. The Morgan fingerprint density at radius 1 is 1.00 bits per heavy atom. The van der Waals surface area contributed by atoms with E-state index in [1.807, 2.05) is 0 Å². The molecule has 4 heteroatoms. The summed E-state index contributed by atoms with van der Waals surface area (Å²) in [5.74, 6) is -0.747. The molecule has 0 aliphatic rings. The van der Waals surface area contributed by atoms with Crippen molar-refractivity contribution in [1.29, 1.82) is 0 Å². The molecule has 0 heterocycles. The van der Waals surface area contributed by atoms with E-state index in [2.05, 4.69) is 0 Å². The Balaban J connectivity index is 2.38. The van der Waals surface area contributed by atoms with Crippen molar-refractivity contribution < 1.29 is 8.78 Å². The number of nitrogens with two attached hydrogens (primary N) is 2. The average molecular weight is 262 g/mol. The van der Waals surface area contributed by atoms with Crippen molar-refractivity contribution in [2.45, 2.75) is 18.5 Å². The molecule has 0 radical (unpaired) electrons. The van der Waals surface area contributed by atoms with Crippen molar-refractivity contribution in [3.05, 3.63) is 71.3 Å². The topological polar surface area (TPSA) is 52.0 Å². The molecule has 2 atom stereocenters. The zero-order valence-electron chi connectivity index (χ0n) is 10.6. The van der Waals surface area contributed by atoms with Crippen molar-refractivity contribution in [2.24, 2.45) is 11.5 Å². The van der Waals surface area contributed by atoms with E-state index in [1.165, 1.54) is 24.3 Å². The third-order valence-electron chi connectivity index (χ3n) is 3.30. The van der Waals surface area contributed by atoms with Crippen LogP contribution in [-0.4, -0.2) is 0 Å². The largest absolute Gasteiger partial charge is 0.322 e. The molecule has 4 N–H and O–H groups in total. The second-order valence-corrected chi connectivity index (χ2v) is 4.83. The van der Waals surface area contributed by atoms with Crippen LogP contribution >= 0.6 is 0 Å². The van der Waals surface area contributed by atoms with E-state index in [1.54, 1.807) is 31.2 Å². The van der Waals surface area contributed by atoms with Gasteiger partial charge in [-0.1, -0.05) is 24.3 Å². The molecule has 0 bridgehead atoms. The first kappa shape index (κ1) is 13.6. The van der Waals surface area contributed by atoms with Gasteiger partial charge in [-0.15, -0.1) is 0 Å². The molecule has 0 spiro atoms. The first-order valence-corrected chi connectivity index (χ1v) is 5.97. The van der Waals surface area contributed by atoms with Gasteiger partial charge in [-0.2, -0.15) is 0 Å². The van der Waals surface area contributed by atoms with Gasteiger partial charge >= 0.3 is 0 Å². The van der Waals surface area contributed by atoms with Gasteiger partial charge in [0.15, 0.2) is 0 Å². The van der Waals surface area contributed by atoms with E-state index >= 15 is 0 Å². The van der Waals surface area contributed by atoms with E-state index < -0.39 is 11.6 Å². The lowest BCUT2D eigenvalue weighted by Gasteiger charge is -2.32. The lowest BCUT2D eigenvalue weighted by Crippen LogP contribution is -2.44. The highest BCUT2D eigenvalue weighted by Crippen LogP contribution is 2.31. The second kappa shape index (κ2) is 5.07. The van der Waals surface area contributed by atoms with Gasteiger partial charge in [0.2, 0.25) is 0 Å². The van der Waals surface area contributed by atoms with Crippen molar-refractivity contribution in [2.75, 3.05) is 0 Å². The Morgan fingerprint density at radius 3 is 2.16 bits per heavy atom. The summed E-state index contributed by atoms with van der Waals surface area (Å²) < 4.78 is 26.5. The fourth-order valence-corrected chi connectivity index (χ4v) is 2.05. The van der Waals surface area contributed by atoms with Gasteiger partial charge in [-0.25, -0.2) is 8.78 Å². The number of hydrogen-bond acceptors (Lipinski definition) is 2. The summed E-state index contributed by atoms with van der Waals surface area (Å²) in [5.41, 5.74) is 12.5. The smallest absolute Gasteiger partial charge is 0.123 e. The maximum atomic E-state index is 13.3. The maximum absolute atomic E-state index is 13.3. The fourth-order valence-electron chi connectivity index (χ4n) is 2.05. The SMILES string of the molecule is CC(N)(c1cccc(F)c1)C(N)c1cccc(F)c1. The summed E-state index contributed by atoms with van der Waals surface area (Å²) in [6, 6.07) is 11.3. The molecule has 0 fully saturated rings. The molecule has 2 aromatic rings. The molecule has 100 valence electrons. The predicted octanol–water partition coefficient (Wildman–Crippen LogP) is 2.84.